The first-order valence-electron chi connectivity index (χ1n) is 12.2. The Bertz CT molecular complexity index is 1070. The topological polar surface area (TPSA) is 114 Å². The molecule has 2 amide bonds. The van der Waals surface area contributed by atoms with E-state index >= 15 is 0 Å². The molecule has 2 fully saturated rings. The number of ether oxygens (including phenoxy) is 2. The van der Waals surface area contributed by atoms with Gasteiger partial charge in [0, 0.05) is 25.0 Å². The van der Waals surface area contributed by atoms with Crippen LogP contribution in [0.5, 0.6) is 0 Å². The van der Waals surface area contributed by atoms with Crippen LogP contribution in [0.25, 0.3) is 11.1 Å². The molecule has 0 aromatic heterocycles. The molecule has 1 aliphatic heterocycles. The highest BCUT2D eigenvalue weighted by atomic mass is 16.6. The molecule has 2 aromatic rings. The van der Waals surface area contributed by atoms with Crippen LogP contribution in [-0.4, -0.2) is 54.5 Å². The highest BCUT2D eigenvalue weighted by Crippen LogP contribution is 2.44. The van der Waals surface area contributed by atoms with Crippen LogP contribution in [0.1, 0.15) is 49.1 Å². The summed E-state index contributed by atoms with van der Waals surface area (Å²) in [4.78, 5) is 36.4. The maximum Gasteiger partial charge on any atom is 0.407 e. The van der Waals surface area contributed by atoms with Gasteiger partial charge in [-0.3, -0.25) is 9.59 Å². The quantitative estimate of drug-likeness (QED) is 0.562. The van der Waals surface area contributed by atoms with E-state index < -0.39 is 24.2 Å². The summed E-state index contributed by atoms with van der Waals surface area (Å²) in [7, 11) is 0. The molecule has 3 aliphatic rings. The zero-order valence-electron chi connectivity index (χ0n) is 19.4. The van der Waals surface area contributed by atoms with E-state index in [1.54, 1.807) is 0 Å². The van der Waals surface area contributed by atoms with Gasteiger partial charge in [0.15, 0.2) is 6.10 Å². The van der Waals surface area contributed by atoms with Gasteiger partial charge in [0.05, 0.1) is 6.04 Å². The third kappa shape index (κ3) is 5.03. The van der Waals surface area contributed by atoms with E-state index in [4.69, 9.17) is 14.6 Å². The van der Waals surface area contributed by atoms with Crippen molar-refractivity contribution in [2.24, 2.45) is 5.92 Å². The number of hydrogen-bond acceptors (Lipinski definition) is 5. The van der Waals surface area contributed by atoms with Crippen molar-refractivity contribution in [3.63, 3.8) is 0 Å². The average molecular weight is 479 g/mol. The van der Waals surface area contributed by atoms with Crippen LogP contribution in [0.2, 0.25) is 0 Å². The zero-order chi connectivity index (χ0) is 24.4. The molecule has 2 aromatic carbocycles. The number of amides is 2. The van der Waals surface area contributed by atoms with Gasteiger partial charge in [-0.25, -0.2) is 4.79 Å². The molecule has 1 heterocycles. The first-order chi connectivity index (χ1) is 17.0. The van der Waals surface area contributed by atoms with Crippen LogP contribution in [0.3, 0.4) is 0 Å². The fraction of sp³-hybridized carbons (Fsp3) is 0.444. The molecular formula is C27H30N2O6. The summed E-state index contributed by atoms with van der Waals surface area (Å²) in [6.07, 6.45) is 1.48. The first-order valence-corrected chi connectivity index (χ1v) is 12.2. The van der Waals surface area contributed by atoms with Crippen molar-refractivity contribution < 1.29 is 29.0 Å². The zero-order valence-corrected chi connectivity index (χ0v) is 19.4. The number of aliphatic carboxylic acids is 1. The van der Waals surface area contributed by atoms with E-state index in [1.807, 2.05) is 24.3 Å². The summed E-state index contributed by atoms with van der Waals surface area (Å²) in [5.41, 5.74) is 4.60. The number of nitrogens with one attached hydrogen (secondary N) is 2. The van der Waals surface area contributed by atoms with Crippen molar-refractivity contribution in [1.29, 1.82) is 0 Å². The summed E-state index contributed by atoms with van der Waals surface area (Å²) in [6, 6.07) is 15.8. The lowest BCUT2D eigenvalue weighted by molar-refractivity contribution is -0.138. The molecule has 8 heteroatoms. The molecule has 4 atom stereocenters. The van der Waals surface area contributed by atoms with Gasteiger partial charge in [-0.2, -0.15) is 0 Å². The smallest absolute Gasteiger partial charge is 0.407 e. The molecule has 1 saturated carbocycles. The number of carboxylic acid groups (broad SMARTS) is 1. The second-order valence-corrected chi connectivity index (χ2v) is 9.64. The fourth-order valence-electron chi connectivity index (χ4n) is 5.71. The highest BCUT2D eigenvalue weighted by molar-refractivity contribution is 5.83. The lowest BCUT2D eigenvalue weighted by Gasteiger charge is -2.22. The van der Waals surface area contributed by atoms with Gasteiger partial charge in [0.25, 0.3) is 5.91 Å². The normalized spacial score (nSPS) is 25.0. The van der Waals surface area contributed by atoms with Gasteiger partial charge < -0.3 is 25.2 Å². The number of carbonyl (C=O) groups excluding carboxylic acids is 2. The van der Waals surface area contributed by atoms with Crippen LogP contribution in [0, 0.1) is 5.92 Å². The highest BCUT2D eigenvalue weighted by Gasteiger charge is 2.38. The summed E-state index contributed by atoms with van der Waals surface area (Å²) in [6.45, 7) is 0.579. The molecule has 5 rings (SSSR count). The maximum atomic E-state index is 12.8. The van der Waals surface area contributed by atoms with Crippen molar-refractivity contribution in [1.82, 2.24) is 10.6 Å². The largest absolute Gasteiger partial charge is 0.481 e. The Kier molecular flexibility index (Phi) is 6.72. The van der Waals surface area contributed by atoms with Crippen LogP contribution in [0.4, 0.5) is 4.79 Å². The predicted octanol–water partition coefficient (Wildman–Crippen LogP) is 3.44. The Morgan fingerprint density at radius 1 is 0.943 bits per heavy atom. The monoisotopic (exact) mass is 478 g/mol. The van der Waals surface area contributed by atoms with E-state index in [9.17, 15) is 14.4 Å². The minimum atomic E-state index is -0.812. The summed E-state index contributed by atoms with van der Waals surface area (Å²) >= 11 is 0. The minimum Gasteiger partial charge on any atom is -0.481 e. The molecule has 2 aliphatic carbocycles. The van der Waals surface area contributed by atoms with Crippen molar-refractivity contribution in [3.8, 4) is 11.1 Å². The lowest BCUT2D eigenvalue weighted by atomic mass is 9.98. The summed E-state index contributed by atoms with van der Waals surface area (Å²) in [5.74, 6) is -1.04. The van der Waals surface area contributed by atoms with E-state index in [0.717, 1.165) is 35.1 Å². The fourth-order valence-corrected chi connectivity index (χ4v) is 5.71. The molecule has 184 valence electrons. The van der Waals surface area contributed by atoms with Gasteiger partial charge in [0.2, 0.25) is 0 Å². The predicted molar refractivity (Wildman–Crippen MR) is 128 cm³/mol. The number of rotatable bonds is 7. The number of benzene rings is 2. The van der Waals surface area contributed by atoms with Gasteiger partial charge in [-0.1, -0.05) is 48.5 Å². The SMILES string of the molecule is O=C(O)C[C@@H]1CC[C@H](NC(=O)[C@@H]2OCC[C@@H]2NC(=O)OCC2c3ccccc3-c3ccccc32)C1. The van der Waals surface area contributed by atoms with Crippen LogP contribution in [0.15, 0.2) is 48.5 Å². The molecule has 1 saturated heterocycles. The van der Waals surface area contributed by atoms with Gasteiger partial charge in [0.1, 0.15) is 6.61 Å². The molecule has 3 N–H and O–H groups in total. The van der Waals surface area contributed by atoms with Gasteiger partial charge in [-0.15, -0.1) is 0 Å². The van der Waals surface area contributed by atoms with Crippen molar-refractivity contribution in [2.45, 2.75) is 56.2 Å². The Morgan fingerprint density at radius 2 is 1.63 bits per heavy atom. The summed E-state index contributed by atoms with van der Waals surface area (Å²) in [5, 5.41) is 14.8. The Morgan fingerprint density at radius 3 is 2.31 bits per heavy atom. The maximum absolute atomic E-state index is 12.8. The van der Waals surface area contributed by atoms with E-state index in [1.165, 1.54) is 0 Å². The average Bonchev–Trinajstić information content (AvgIpc) is 3.55. The number of hydrogen-bond donors (Lipinski definition) is 3. The van der Waals surface area contributed by atoms with Gasteiger partial charge >= 0.3 is 12.1 Å². The Balaban J connectivity index is 1.15. The van der Waals surface area contributed by atoms with Crippen molar-refractivity contribution in [2.75, 3.05) is 13.2 Å². The molecule has 0 radical (unpaired) electrons. The third-order valence-corrected chi connectivity index (χ3v) is 7.35. The van der Waals surface area contributed by atoms with E-state index in [-0.39, 0.29) is 36.8 Å². The number of carboxylic acids is 1. The number of carbonyl (C=O) groups is 3. The molecule has 0 bridgehead atoms. The molecule has 35 heavy (non-hydrogen) atoms. The second kappa shape index (κ2) is 10.1. The van der Waals surface area contributed by atoms with Crippen molar-refractivity contribution >= 4 is 18.0 Å². The van der Waals surface area contributed by atoms with Crippen molar-refractivity contribution in [3.05, 3.63) is 59.7 Å². The van der Waals surface area contributed by atoms with E-state index in [0.29, 0.717) is 19.4 Å². The molecular weight excluding hydrogens is 448 g/mol. The van der Waals surface area contributed by atoms with Crippen LogP contribution < -0.4 is 10.6 Å². The van der Waals surface area contributed by atoms with Gasteiger partial charge in [-0.05, 0) is 53.9 Å². The van der Waals surface area contributed by atoms with E-state index in [2.05, 4.69) is 34.9 Å². The Labute approximate surface area is 204 Å². The third-order valence-electron chi connectivity index (χ3n) is 7.35. The molecule has 0 spiro atoms. The summed E-state index contributed by atoms with van der Waals surface area (Å²) < 4.78 is 11.2. The van der Waals surface area contributed by atoms with Crippen LogP contribution >= 0.6 is 0 Å². The Hall–Kier alpha value is -3.39. The second-order valence-electron chi connectivity index (χ2n) is 9.64. The number of fused-ring (bicyclic) bond motifs is 3. The van der Waals surface area contributed by atoms with Crippen LogP contribution in [-0.2, 0) is 19.1 Å². The molecule has 8 nitrogen and oxygen atoms in total. The lowest BCUT2D eigenvalue weighted by Crippen LogP contribution is -2.50. The number of alkyl carbamates (subject to hydrolysis) is 1. The molecule has 0 unspecified atom stereocenters. The first kappa shape index (κ1) is 23.4. The standard InChI is InChI=1S/C27H30N2O6/c30-24(31)14-16-9-10-17(13-16)28-26(32)25-23(11-12-34-25)29-27(33)35-15-22-20-7-3-1-5-18(20)19-6-2-4-8-21(19)22/h1-8,16-17,22-23,25H,9-15H2,(H,28,32)(H,29,33)(H,30,31)/t16-,17+,23+,25-/m1/s1. The minimum absolute atomic E-state index is 0.0341.